The molecule has 0 saturated carbocycles. The maximum atomic E-state index is 14.7. The van der Waals surface area contributed by atoms with Crippen LogP contribution >= 0.6 is 31.9 Å². The summed E-state index contributed by atoms with van der Waals surface area (Å²) in [6.07, 6.45) is 1.06. The Hall–Kier alpha value is -2.80. The van der Waals surface area contributed by atoms with Gasteiger partial charge in [0, 0.05) is 34.6 Å². The van der Waals surface area contributed by atoms with Crippen LogP contribution in [0.1, 0.15) is 34.5 Å². The van der Waals surface area contributed by atoms with E-state index < -0.39 is 39.7 Å². The van der Waals surface area contributed by atoms with Gasteiger partial charge in [0.15, 0.2) is 0 Å². The molecule has 0 bridgehead atoms. The molecule has 0 spiro atoms. The predicted molar refractivity (Wildman–Crippen MR) is 160 cm³/mol. The van der Waals surface area contributed by atoms with Gasteiger partial charge >= 0.3 is 0 Å². The number of sulfonamides is 1. The van der Waals surface area contributed by atoms with Crippen LogP contribution in [-0.4, -0.2) is 63.6 Å². The van der Waals surface area contributed by atoms with Crippen LogP contribution in [0, 0.1) is 5.82 Å². The molecule has 1 aliphatic rings. The number of anilines is 1. The summed E-state index contributed by atoms with van der Waals surface area (Å²) < 4.78 is 43.7. The van der Waals surface area contributed by atoms with Gasteiger partial charge in [0.1, 0.15) is 11.9 Å². The van der Waals surface area contributed by atoms with Crippen LogP contribution in [0.3, 0.4) is 0 Å². The first-order chi connectivity index (χ1) is 18.9. The molecule has 2 N–H and O–H groups in total. The van der Waals surface area contributed by atoms with Crippen molar-refractivity contribution in [2.24, 2.45) is 0 Å². The van der Waals surface area contributed by atoms with Gasteiger partial charge in [-0.05, 0) is 60.5 Å². The average Bonchev–Trinajstić information content (AvgIpc) is 2.87. The Bertz CT molecular complexity index is 1450. The average molecular weight is 696 g/mol. The van der Waals surface area contributed by atoms with E-state index in [1.165, 1.54) is 24.3 Å². The summed E-state index contributed by atoms with van der Waals surface area (Å²) in [5, 5.41) is 4.93. The zero-order valence-corrected chi connectivity index (χ0v) is 26.1. The molecule has 8 nitrogen and oxygen atoms in total. The van der Waals surface area contributed by atoms with Crippen LogP contribution in [0.4, 0.5) is 10.1 Å². The van der Waals surface area contributed by atoms with Crippen molar-refractivity contribution in [1.29, 1.82) is 0 Å². The number of carbonyl (C=O) groups is 2. The Kier molecular flexibility index (Phi) is 9.33. The monoisotopic (exact) mass is 694 g/mol. The fourth-order valence-corrected chi connectivity index (χ4v) is 6.51. The normalized spacial score (nSPS) is 14.9. The highest BCUT2D eigenvalue weighted by atomic mass is 79.9. The fraction of sp³-hybridized carbons (Fsp3) is 0.286. The Balaban J connectivity index is 1.62. The number of halogens is 3. The molecule has 1 saturated heterocycles. The van der Waals surface area contributed by atoms with E-state index in [9.17, 15) is 22.4 Å². The Labute approximate surface area is 250 Å². The van der Waals surface area contributed by atoms with Gasteiger partial charge in [-0.15, -0.1) is 0 Å². The Morgan fingerprint density at radius 1 is 0.975 bits per heavy atom. The molecule has 0 aromatic heterocycles. The van der Waals surface area contributed by atoms with Crippen molar-refractivity contribution in [2.75, 3.05) is 30.7 Å². The van der Waals surface area contributed by atoms with E-state index in [4.69, 9.17) is 0 Å². The summed E-state index contributed by atoms with van der Waals surface area (Å²) in [7, 11) is -2.40. The number of amides is 2. The number of nitrogens with zero attached hydrogens (tertiary/aromatic N) is 2. The standard InChI is InChI=1S/C28H29Br2FN4O4S/c1-17(27(36)32-2)33-28(37)20-12-23(31)14-24(13-20)35(40(3,38)39)25-15-34(16-25)26(18-4-8-21(29)9-5-18)19-6-10-22(30)11-7-19/h4-14,17,25-26H,15-16H2,1-3H3,(H,32,36)(H,33,37)/t17-/m0/s1. The summed E-state index contributed by atoms with van der Waals surface area (Å²) in [6, 6.07) is 17.9. The van der Waals surface area contributed by atoms with E-state index in [-0.39, 0.29) is 17.3 Å². The topological polar surface area (TPSA) is 98.8 Å². The molecule has 1 atom stereocenters. The van der Waals surface area contributed by atoms with Crippen LogP contribution in [0.25, 0.3) is 0 Å². The Morgan fingerprint density at radius 2 is 1.50 bits per heavy atom. The minimum Gasteiger partial charge on any atom is -0.357 e. The second-order valence-electron chi connectivity index (χ2n) is 9.68. The van der Waals surface area contributed by atoms with Crippen molar-refractivity contribution in [3.8, 4) is 0 Å². The van der Waals surface area contributed by atoms with Gasteiger partial charge < -0.3 is 10.6 Å². The lowest BCUT2D eigenvalue weighted by Gasteiger charge is -2.48. The molecule has 1 fully saturated rings. The molecule has 2 amide bonds. The smallest absolute Gasteiger partial charge is 0.252 e. The molecule has 0 unspecified atom stereocenters. The van der Waals surface area contributed by atoms with Gasteiger partial charge in [-0.25, -0.2) is 12.8 Å². The molecule has 3 aromatic carbocycles. The number of likely N-dealkylation sites (tertiary alicyclic amines) is 1. The summed E-state index contributed by atoms with van der Waals surface area (Å²) >= 11 is 6.96. The third kappa shape index (κ3) is 6.91. The van der Waals surface area contributed by atoms with Gasteiger partial charge in [0.25, 0.3) is 5.91 Å². The molecule has 0 aliphatic carbocycles. The minimum atomic E-state index is -3.84. The molecular weight excluding hydrogens is 667 g/mol. The molecule has 1 heterocycles. The SMILES string of the molecule is CNC(=O)[C@H](C)NC(=O)c1cc(F)cc(N(C2CN(C(c3ccc(Br)cc3)c3ccc(Br)cc3)C2)S(C)(=O)=O)c1. The van der Waals surface area contributed by atoms with Gasteiger partial charge in [-0.2, -0.15) is 0 Å². The number of hydrogen-bond donors (Lipinski definition) is 2. The van der Waals surface area contributed by atoms with Gasteiger partial charge in [0.05, 0.1) is 24.0 Å². The van der Waals surface area contributed by atoms with Crippen LogP contribution in [-0.2, 0) is 14.8 Å². The molecular formula is C28H29Br2FN4O4S. The summed E-state index contributed by atoms with van der Waals surface area (Å²) in [6.45, 7) is 2.27. The number of likely N-dealkylation sites (N-methyl/N-ethyl adjacent to an activating group) is 1. The van der Waals surface area contributed by atoms with Crippen molar-refractivity contribution in [3.05, 3.63) is 98.2 Å². The summed E-state index contributed by atoms with van der Waals surface area (Å²) in [5.74, 6) is -1.86. The van der Waals surface area contributed by atoms with E-state index in [2.05, 4.69) is 47.4 Å². The summed E-state index contributed by atoms with van der Waals surface area (Å²) in [4.78, 5) is 26.7. The van der Waals surface area contributed by atoms with Gasteiger partial charge in [-0.3, -0.25) is 18.8 Å². The van der Waals surface area contributed by atoms with Crippen LogP contribution < -0.4 is 14.9 Å². The minimum absolute atomic E-state index is 0.0497. The number of nitrogens with one attached hydrogen (secondary N) is 2. The maximum Gasteiger partial charge on any atom is 0.252 e. The molecule has 3 aromatic rings. The van der Waals surface area contributed by atoms with E-state index in [1.54, 1.807) is 0 Å². The van der Waals surface area contributed by atoms with Crippen LogP contribution in [0.2, 0.25) is 0 Å². The van der Waals surface area contributed by atoms with Crippen molar-refractivity contribution >= 4 is 59.4 Å². The van der Waals surface area contributed by atoms with E-state index in [0.29, 0.717) is 13.1 Å². The molecule has 1 aliphatic heterocycles. The number of benzene rings is 3. The quantitative estimate of drug-likeness (QED) is 0.345. The van der Waals surface area contributed by atoms with E-state index in [1.807, 2.05) is 48.5 Å². The zero-order chi connectivity index (χ0) is 29.2. The molecule has 40 heavy (non-hydrogen) atoms. The lowest BCUT2D eigenvalue weighted by atomic mass is 9.93. The zero-order valence-electron chi connectivity index (χ0n) is 22.1. The lowest BCUT2D eigenvalue weighted by Crippen LogP contribution is -2.61. The van der Waals surface area contributed by atoms with Crippen molar-refractivity contribution in [2.45, 2.75) is 25.0 Å². The fourth-order valence-electron chi connectivity index (χ4n) is 4.82. The van der Waals surface area contributed by atoms with Gasteiger partial charge in [0.2, 0.25) is 15.9 Å². The number of rotatable bonds is 9. The molecule has 12 heteroatoms. The highest BCUT2D eigenvalue weighted by molar-refractivity contribution is 9.10. The third-order valence-corrected chi connectivity index (χ3v) is 8.98. The van der Waals surface area contributed by atoms with Gasteiger partial charge in [-0.1, -0.05) is 56.1 Å². The predicted octanol–water partition coefficient (Wildman–Crippen LogP) is 4.45. The highest BCUT2D eigenvalue weighted by Crippen LogP contribution is 2.37. The first-order valence-electron chi connectivity index (χ1n) is 12.4. The molecule has 212 valence electrons. The maximum absolute atomic E-state index is 14.7. The first-order valence-corrected chi connectivity index (χ1v) is 15.9. The highest BCUT2D eigenvalue weighted by Gasteiger charge is 2.41. The van der Waals surface area contributed by atoms with E-state index >= 15 is 0 Å². The van der Waals surface area contributed by atoms with Crippen molar-refractivity contribution < 1.29 is 22.4 Å². The molecule has 4 rings (SSSR count). The first kappa shape index (κ1) is 30.2. The second kappa shape index (κ2) is 12.4. The van der Waals surface area contributed by atoms with Crippen molar-refractivity contribution in [1.82, 2.24) is 15.5 Å². The largest absolute Gasteiger partial charge is 0.357 e. The van der Waals surface area contributed by atoms with Crippen molar-refractivity contribution in [3.63, 3.8) is 0 Å². The van der Waals surface area contributed by atoms with Crippen LogP contribution in [0.5, 0.6) is 0 Å². The van der Waals surface area contributed by atoms with Crippen LogP contribution in [0.15, 0.2) is 75.7 Å². The Morgan fingerprint density at radius 3 is 1.98 bits per heavy atom. The number of carbonyl (C=O) groups excluding carboxylic acids is 2. The third-order valence-electron chi connectivity index (χ3n) is 6.70. The van der Waals surface area contributed by atoms with E-state index in [0.717, 1.165) is 38.5 Å². The summed E-state index contributed by atoms with van der Waals surface area (Å²) in [5.41, 5.74) is 2.06. The lowest BCUT2D eigenvalue weighted by molar-refractivity contribution is -0.122. The number of hydrogen-bond acceptors (Lipinski definition) is 5. The molecule has 0 radical (unpaired) electrons. The second-order valence-corrected chi connectivity index (χ2v) is 13.4.